The van der Waals surface area contributed by atoms with Crippen molar-refractivity contribution in [3.05, 3.63) is 59.2 Å². The van der Waals surface area contributed by atoms with Gasteiger partial charge in [-0.25, -0.2) is 8.42 Å². The maximum absolute atomic E-state index is 13.0. The predicted octanol–water partition coefficient (Wildman–Crippen LogP) is 2.17. The number of amides is 1. The zero-order chi connectivity index (χ0) is 22.2. The third-order valence-electron chi connectivity index (χ3n) is 6.18. The van der Waals surface area contributed by atoms with Crippen LogP contribution in [0.1, 0.15) is 27.9 Å². The van der Waals surface area contributed by atoms with Gasteiger partial charge in [0.05, 0.1) is 24.1 Å². The first kappa shape index (κ1) is 21.6. The van der Waals surface area contributed by atoms with Gasteiger partial charge < -0.3 is 14.9 Å². The van der Waals surface area contributed by atoms with E-state index in [2.05, 4.69) is 36.9 Å². The molecular weight excluding hydrogens is 414 g/mol. The van der Waals surface area contributed by atoms with E-state index < -0.39 is 16.1 Å². The van der Waals surface area contributed by atoms with Crippen molar-refractivity contribution in [3.8, 4) is 0 Å². The van der Waals surface area contributed by atoms with E-state index in [4.69, 9.17) is 0 Å². The van der Waals surface area contributed by atoms with E-state index in [9.17, 15) is 18.3 Å². The van der Waals surface area contributed by atoms with Gasteiger partial charge in [0.1, 0.15) is 0 Å². The number of nitrogens with zero attached hydrogens (tertiary/aromatic N) is 3. The van der Waals surface area contributed by atoms with Crippen molar-refractivity contribution in [2.24, 2.45) is 0 Å². The summed E-state index contributed by atoms with van der Waals surface area (Å²) in [5.74, 6) is -0.0151. The molecule has 2 heterocycles. The van der Waals surface area contributed by atoms with E-state index in [0.29, 0.717) is 30.8 Å². The zero-order valence-corrected chi connectivity index (χ0v) is 18.8. The third-order valence-corrected chi connectivity index (χ3v) is 8.04. The molecule has 0 unspecified atom stereocenters. The smallest absolute Gasteiger partial charge is 0.253 e. The molecule has 2 aliphatic rings. The highest BCUT2D eigenvalue weighted by atomic mass is 32.2. The summed E-state index contributed by atoms with van der Waals surface area (Å²) in [6.07, 6.45) is 0.407. The normalized spacial score (nSPS) is 20.9. The van der Waals surface area contributed by atoms with Gasteiger partial charge in [-0.15, -0.1) is 0 Å². The Balaban J connectivity index is 1.42. The van der Waals surface area contributed by atoms with Gasteiger partial charge in [-0.3, -0.25) is 9.10 Å². The molecule has 2 aliphatic heterocycles. The molecular formula is C23H29N3O4S. The Hall–Kier alpha value is -2.58. The zero-order valence-electron chi connectivity index (χ0n) is 18.0. The van der Waals surface area contributed by atoms with Crippen molar-refractivity contribution in [2.45, 2.75) is 26.3 Å². The second kappa shape index (κ2) is 8.51. The molecule has 2 aromatic rings. The second-order valence-electron chi connectivity index (χ2n) is 8.35. The second-order valence-corrected chi connectivity index (χ2v) is 10.3. The monoisotopic (exact) mass is 443 g/mol. The highest BCUT2D eigenvalue weighted by molar-refractivity contribution is 7.93. The molecule has 0 spiro atoms. The number of rotatable bonds is 4. The number of aliphatic hydroxyl groups is 1. The number of sulfonamides is 1. The number of benzene rings is 2. The van der Waals surface area contributed by atoms with E-state index in [0.717, 1.165) is 13.1 Å². The fourth-order valence-corrected chi connectivity index (χ4v) is 6.34. The Bertz CT molecular complexity index is 1060. The van der Waals surface area contributed by atoms with Gasteiger partial charge in [0, 0.05) is 37.4 Å². The number of hydrogen-bond acceptors (Lipinski definition) is 5. The number of piperazine rings is 1. The maximum Gasteiger partial charge on any atom is 0.253 e. The molecule has 4 rings (SSSR count). The van der Waals surface area contributed by atoms with E-state index in [-0.39, 0.29) is 18.3 Å². The molecule has 1 amide bonds. The average molecular weight is 444 g/mol. The van der Waals surface area contributed by atoms with E-state index in [1.807, 2.05) is 4.90 Å². The largest absolute Gasteiger partial charge is 0.394 e. The van der Waals surface area contributed by atoms with Crippen LogP contribution >= 0.6 is 0 Å². The molecule has 0 bridgehead atoms. The average Bonchev–Trinajstić information content (AvgIpc) is 3.08. The molecule has 31 heavy (non-hydrogen) atoms. The van der Waals surface area contributed by atoms with Crippen molar-refractivity contribution in [1.82, 2.24) is 4.90 Å². The Morgan fingerprint density at radius 2 is 1.71 bits per heavy atom. The first-order valence-electron chi connectivity index (χ1n) is 10.6. The molecule has 2 fully saturated rings. The fourth-order valence-electron chi connectivity index (χ4n) is 4.51. The lowest BCUT2D eigenvalue weighted by Crippen LogP contribution is -2.49. The summed E-state index contributed by atoms with van der Waals surface area (Å²) in [5, 5.41) is 9.51. The van der Waals surface area contributed by atoms with E-state index in [1.54, 1.807) is 24.3 Å². The number of hydrogen-bond donors (Lipinski definition) is 1. The predicted molar refractivity (Wildman–Crippen MR) is 122 cm³/mol. The van der Waals surface area contributed by atoms with Crippen molar-refractivity contribution in [2.75, 3.05) is 47.7 Å². The van der Waals surface area contributed by atoms with E-state index >= 15 is 0 Å². The highest BCUT2D eigenvalue weighted by Gasteiger charge is 2.37. The molecule has 7 nitrogen and oxygen atoms in total. The molecule has 2 saturated heterocycles. The molecule has 0 radical (unpaired) electrons. The van der Waals surface area contributed by atoms with Gasteiger partial charge >= 0.3 is 0 Å². The molecule has 1 atom stereocenters. The van der Waals surface area contributed by atoms with Gasteiger partial charge in [-0.2, -0.15) is 0 Å². The maximum atomic E-state index is 13.0. The van der Waals surface area contributed by atoms with Crippen molar-refractivity contribution < 1.29 is 18.3 Å². The van der Waals surface area contributed by atoms with Gasteiger partial charge in [0.25, 0.3) is 5.91 Å². The van der Waals surface area contributed by atoms with Gasteiger partial charge in [-0.05, 0) is 56.2 Å². The van der Waals surface area contributed by atoms with Crippen LogP contribution in [0.5, 0.6) is 0 Å². The van der Waals surface area contributed by atoms with Crippen LogP contribution in [0.15, 0.2) is 42.5 Å². The Morgan fingerprint density at radius 3 is 2.32 bits per heavy atom. The highest BCUT2D eigenvalue weighted by Crippen LogP contribution is 2.29. The summed E-state index contributed by atoms with van der Waals surface area (Å²) in [5.41, 5.74) is 4.74. The van der Waals surface area contributed by atoms with Crippen molar-refractivity contribution >= 4 is 27.3 Å². The lowest BCUT2D eigenvalue weighted by atomic mass is 10.1. The number of aliphatic hydroxyl groups excluding tert-OH is 1. The third kappa shape index (κ3) is 4.27. The standard InChI is InChI=1S/C23H29N3O4S/c1-17-3-8-22(18(2)15-17)24-10-12-25(13-11-24)23(28)19-4-6-20(7-5-19)26-21(16-27)9-14-31(26,29)30/h3-8,15,21,27H,9-14,16H2,1-2H3/t21-/m1/s1. The summed E-state index contributed by atoms with van der Waals surface area (Å²) in [6, 6.07) is 12.7. The number of anilines is 2. The minimum Gasteiger partial charge on any atom is -0.394 e. The van der Waals surface area contributed by atoms with Gasteiger partial charge in [0.2, 0.25) is 10.0 Å². The summed E-state index contributed by atoms with van der Waals surface area (Å²) >= 11 is 0. The van der Waals surface area contributed by atoms with Gasteiger partial charge in [0.15, 0.2) is 0 Å². The molecule has 0 aliphatic carbocycles. The summed E-state index contributed by atoms with van der Waals surface area (Å²) in [4.78, 5) is 17.1. The van der Waals surface area contributed by atoms with Crippen molar-refractivity contribution in [3.63, 3.8) is 0 Å². The molecule has 2 aromatic carbocycles. The molecule has 1 N–H and O–H groups in total. The Labute approximate surface area is 183 Å². The van der Waals surface area contributed by atoms with Crippen LogP contribution in [0.3, 0.4) is 0 Å². The molecule has 0 aromatic heterocycles. The van der Waals surface area contributed by atoms with Crippen LogP contribution in [0.2, 0.25) is 0 Å². The first-order chi connectivity index (χ1) is 14.8. The minimum atomic E-state index is -3.42. The number of aryl methyl sites for hydroxylation is 2. The topological polar surface area (TPSA) is 81.2 Å². The molecule has 0 saturated carbocycles. The lowest BCUT2D eigenvalue weighted by molar-refractivity contribution is 0.0747. The fraction of sp³-hybridized carbons (Fsp3) is 0.435. The quantitative estimate of drug-likeness (QED) is 0.783. The summed E-state index contributed by atoms with van der Waals surface area (Å²) in [7, 11) is -3.42. The summed E-state index contributed by atoms with van der Waals surface area (Å²) < 4.78 is 25.9. The summed E-state index contributed by atoms with van der Waals surface area (Å²) in [6.45, 7) is 6.81. The van der Waals surface area contributed by atoms with Gasteiger partial charge in [-0.1, -0.05) is 17.7 Å². The van der Waals surface area contributed by atoms with Crippen LogP contribution in [-0.4, -0.2) is 68.9 Å². The molecule has 8 heteroatoms. The molecule has 166 valence electrons. The van der Waals surface area contributed by atoms with Crippen LogP contribution in [-0.2, 0) is 10.0 Å². The number of carbonyl (C=O) groups excluding carboxylic acids is 1. The van der Waals surface area contributed by atoms with Crippen LogP contribution < -0.4 is 9.21 Å². The number of carbonyl (C=O) groups is 1. The van der Waals surface area contributed by atoms with E-state index in [1.165, 1.54) is 21.1 Å². The van der Waals surface area contributed by atoms with Crippen LogP contribution in [0.4, 0.5) is 11.4 Å². The van der Waals surface area contributed by atoms with Crippen molar-refractivity contribution in [1.29, 1.82) is 0 Å². The Kier molecular flexibility index (Phi) is 5.94. The SMILES string of the molecule is Cc1ccc(N2CCN(C(=O)c3ccc(N4[C@@H](CO)CCS4(=O)=O)cc3)CC2)c(C)c1. The Morgan fingerprint density at radius 1 is 1.03 bits per heavy atom. The van der Waals surface area contributed by atoms with Crippen LogP contribution in [0, 0.1) is 13.8 Å². The first-order valence-corrected chi connectivity index (χ1v) is 12.3. The minimum absolute atomic E-state index is 0.0314. The van der Waals surface area contributed by atoms with Crippen LogP contribution in [0.25, 0.3) is 0 Å². The lowest BCUT2D eigenvalue weighted by Gasteiger charge is -2.37.